The third kappa shape index (κ3) is 5.05. The molecule has 3 rings (SSSR count). The van der Waals surface area contributed by atoms with Gasteiger partial charge in [0.25, 0.3) is 5.91 Å². The van der Waals surface area contributed by atoms with Crippen molar-refractivity contribution in [2.75, 3.05) is 6.54 Å². The molecular weight excluding hydrogens is 397 g/mol. The summed E-state index contributed by atoms with van der Waals surface area (Å²) in [5, 5.41) is 9.10. The smallest absolute Gasteiger partial charge is 0.271 e. The number of carbonyl (C=O) groups excluding carboxylic acids is 1. The minimum absolute atomic E-state index is 0. The van der Waals surface area contributed by atoms with Crippen molar-refractivity contribution in [2.24, 2.45) is 0 Å². The van der Waals surface area contributed by atoms with Crippen LogP contribution in [0.2, 0.25) is 4.34 Å². The molecule has 2 atom stereocenters. The van der Waals surface area contributed by atoms with E-state index in [0.717, 1.165) is 33.6 Å². The van der Waals surface area contributed by atoms with Crippen molar-refractivity contribution in [3.63, 3.8) is 0 Å². The van der Waals surface area contributed by atoms with Gasteiger partial charge in [0.1, 0.15) is 10.7 Å². The summed E-state index contributed by atoms with van der Waals surface area (Å²) in [6.07, 6.45) is 2.10. The number of thiazole rings is 1. The summed E-state index contributed by atoms with van der Waals surface area (Å²) >= 11 is 8.88. The largest absolute Gasteiger partial charge is 0.346 e. The Bertz CT molecular complexity index is 647. The molecule has 1 aliphatic heterocycles. The Morgan fingerprint density at radius 2 is 2.22 bits per heavy atom. The molecule has 2 aromatic heterocycles. The standard InChI is InChI=1S/C14H16ClN3OS2.2ClH/c1-8-9(3-2-6-16-8)17-13(19)10-7-20-14(18-10)11-4-5-12(15)21-11;;/h4-5,7-9,16H,2-3,6H2,1H3,(H,17,19);2*1H. The Labute approximate surface area is 160 Å². The summed E-state index contributed by atoms with van der Waals surface area (Å²) in [5.74, 6) is -0.0966. The van der Waals surface area contributed by atoms with Gasteiger partial charge in [-0.05, 0) is 38.4 Å². The van der Waals surface area contributed by atoms with Crippen molar-refractivity contribution >= 4 is 65.0 Å². The Kier molecular flexibility index (Phi) is 8.27. The number of piperidine rings is 1. The number of hydrogen-bond donors (Lipinski definition) is 2. The molecule has 128 valence electrons. The first kappa shape index (κ1) is 20.7. The zero-order valence-electron chi connectivity index (χ0n) is 12.4. The van der Waals surface area contributed by atoms with Crippen LogP contribution >= 0.6 is 59.1 Å². The lowest BCUT2D eigenvalue weighted by Crippen LogP contribution is -2.51. The number of halogens is 3. The molecule has 1 amide bonds. The lowest BCUT2D eigenvalue weighted by Gasteiger charge is -2.30. The molecule has 0 saturated carbocycles. The van der Waals surface area contributed by atoms with Crippen molar-refractivity contribution < 1.29 is 4.79 Å². The summed E-state index contributed by atoms with van der Waals surface area (Å²) in [6, 6.07) is 4.25. The Morgan fingerprint density at radius 3 is 2.87 bits per heavy atom. The van der Waals surface area contributed by atoms with Gasteiger partial charge in [-0.15, -0.1) is 47.5 Å². The number of nitrogens with zero attached hydrogens (tertiary/aromatic N) is 1. The molecule has 2 unspecified atom stereocenters. The molecule has 0 bridgehead atoms. The maximum atomic E-state index is 12.3. The van der Waals surface area contributed by atoms with Gasteiger partial charge in [0.15, 0.2) is 0 Å². The highest BCUT2D eigenvalue weighted by atomic mass is 35.5. The zero-order chi connectivity index (χ0) is 14.8. The Balaban J connectivity index is 0.00000132. The molecule has 0 spiro atoms. The van der Waals surface area contributed by atoms with Crippen LogP contribution in [0.4, 0.5) is 0 Å². The number of aromatic nitrogens is 1. The second-order valence-corrected chi connectivity index (χ2v) is 7.68. The average molecular weight is 415 g/mol. The number of thiophene rings is 1. The quantitative estimate of drug-likeness (QED) is 0.790. The van der Waals surface area contributed by atoms with E-state index in [-0.39, 0.29) is 36.8 Å². The van der Waals surface area contributed by atoms with Crippen molar-refractivity contribution in [3.05, 3.63) is 27.5 Å². The Morgan fingerprint density at radius 1 is 1.43 bits per heavy atom. The Hall–Kier alpha value is -0.370. The van der Waals surface area contributed by atoms with E-state index in [1.54, 1.807) is 5.38 Å². The molecule has 23 heavy (non-hydrogen) atoms. The maximum Gasteiger partial charge on any atom is 0.271 e. The van der Waals surface area contributed by atoms with Gasteiger partial charge in [-0.2, -0.15) is 0 Å². The first-order chi connectivity index (χ1) is 10.1. The predicted molar refractivity (Wildman–Crippen MR) is 103 cm³/mol. The van der Waals surface area contributed by atoms with Crippen LogP contribution in [0.25, 0.3) is 9.88 Å². The second-order valence-electron chi connectivity index (χ2n) is 5.11. The van der Waals surface area contributed by atoms with Crippen molar-refractivity contribution in [1.82, 2.24) is 15.6 Å². The number of rotatable bonds is 3. The van der Waals surface area contributed by atoms with Gasteiger partial charge in [-0.3, -0.25) is 4.79 Å². The number of amides is 1. The van der Waals surface area contributed by atoms with Crippen LogP contribution in [0.5, 0.6) is 0 Å². The molecule has 0 radical (unpaired) electrons. The second kappa shape index (κ2) is 9.20. The van der Waals surface area contributed by atoms with E-state index in [4.69, 9.17) is 11.6 Å². The minimum atomic E-state index is -0.0966. The summed E-state index contributed by atoms with van der Waals surface area (Å²) in [5.41, 5.74) is 0.484. The maximum absolute atomic E-state index is 12.3. The summed E-state index contributed by atoms with van der Waals surface area (Å²) in [7, 11) is 0. The average Bonchev–Trinajstić information content (AvgIpc) is 3.10. The fourth-order valence-corrected chi connectivity index (χ4v) is 4.32. The van der Waals surface area contributed by atoms with Gasteiger partial charge in [0.05, 0.1) is 9.21 Å². The van der Waals surface area contributed by atoms with Gasteiger partial charge in [0, 0.05) is 17.5 Å². The molecule has 0 aromatic carbocycles. The molecule has 0 aliphatic carbocycles. The van der Waals surface area contributed by atoms with Crippen LogP contribution in [-0.2, 0) is 0 Å². The van der Waals surface area contributed by atoms with E-state index in [1.165, 1.54) is 22.7 Å². The minimum Gasteiger partial charge on any atom is -0.346 e. The first-order valence-corrected chi connectivity index (χ1v) is 8.96. The normalized spacial score (nSPS) is 20.3. The van der Waals surface area contributed by atoms with Gasteiger partial charge in [-0.25, -0.2) is 4.98 Å². The first-order valence-electron chi connectivity index (χ1n) is 6.89. The molecule has 2 aromatic rings. The molecule has 2 N–H and O–H groups in total. The highest BCUT2D eigenvalue weighted by Crippen LogP contribution is 2.32. The highest BCUT2D eigenvalue weighted by molar-refractivity contribution is 7.23. The third-order valence-corrected chi connectivity index (χ3v) is 5.84. The van der Waals surface area contributed by atoms with E-state index in [1.807, 2.05) is 12.1 Å². The van der Waals surface area contributed by atoms with Gasteiger partial charge < -0.3 is 10.6 Å². The molecule has 3 heterocycles. The molecule has 4 nitrogen and oxygen atoms in total. The van der Waals surface area contributed by atoms with Gasteiger partial charge >= 0.3 is 0 Å². The molecule has 1 saturated heterocycles. The van der Waals surface area contributed by atoms with Crippen LogP contribution in [0.3, 0.4) is 0 Å². The molecule has 1 aliphatic rings. The van der Waals surface area contributed by atoms with Crippen LogP contribution in [0.15, 0.2) is 17.5 Å². The lowest BCUT2D eigenvalue weighted by atomic mass is 10.00. The summed E-state index contributed by atoms with van der Waals surface area (Å²) in [4.78, 5) is 17.7. The zero-order valence-corrected chi connectivity index (χ0v) is 16.4. The fraction of sp³-hybridized carbons (Fsp3) is 0.429. The lowest BCUT2D eigenvalue weighted by molar-refractivity contribution is 0.0915. The molecular formula is C14H18Cl3N3OS2. The van der Waals surface area contributed by atoms with Crippen LogP contribution in [0, 0.1) is 0 Å². The SMILES string of the molecule is CC1NCCCC1NC(=O)c1csc(-c2ccc(Cl)s2)n1.Cl.Cl. The number of carbonyl (C=O) groups is 1. The van der Waals surface area contributed by atoms with Crippen molar-refractivity contribution in [1.29, 1.82) is 0 Å². The van der Waals surface area contributed by atoms with E-state index >= 15 is 0 Å². The highest BCUT2D eigenvalue weighted by Gasteiger charge is 2.24. The number of hydrogen-bond acceptors (Lipinski definition) is 5. The van der Waals surface area contributed by atoms with Crippen molar-refractivity contribution in [2.45, 2.75) is 31.8 Å². The molecule has 9 heteroatoms. The van der Waals surface area contributed by atoms with E-state index in [9.17, 15) is 4.79 Å². The molecule has 1 fully saturated rings. The summed E-state index contributed by atoms with van der Waals surface area (Å²) < 4.78 is 0.730. The van der Waals surface area contributed by atoms with Crippen molar-refractivity contribution in [3.8, 4) is 9.88 Å². The monoisotopic (exact) mass is 413 g/mol. The van der Waals surface area contributed by atoms with Crippen LogP contribution in [-0.4, -0.2) is 29.5 Å². The van der Waals surface area contributed by atoms with Gasteiger partial charge in [-0.1, -0.05) is 11.6 Å². The number of nitrogens with one attached hydrogen (secondary N) is 2. The van der Waals surface area contributed by atoms with E-state index < -0.39 is 0 Å². The predicted octanol–water partition coefficient (Wildman–Crippen LogP) is 4.24. The van der Waals surface area contributed by atoms with E-state index in [0.29, 0.717) is 11.7 Å². The topological polar surface area (TPSA) is 54.0 Å². The third-order valence-electron chi connectivity index (χ3n) is 3.60. The van der Waals surface area contributed by atoms with Crippen LogP contribution < -0.4 is 10.6 Å². The van der Waals surface area contributed by atoms with Crippen LogP contribution in [0.1, 0.15) is 30.3 Å². The summed E-state index contributed by atoms with van der Waals surface area (Å²) in [6.45, 7) is 3.12. The van der Waals surface area contributed by atoms with Gasteiger partial charge in [0.2, 0.25) is 0 Å². The fourth-order valence-electron chi connectivity index (χ4n) is 2.40. The van der Waals surface area contributed by atoms with E-state index in [2.05, 4.69) is 22.5 Å².